The number of hydrogen-bond acceptors (Lipinski definition) is 4. The smallest absolute Gasteiger partial charge is 0.252 e. The largest absolute Gasteiger partial charge is 0.382 e. The lowest BCUT2D eigenvalue weighted by Crippen LogP contribution is -2.25. The normalized spacial score (nSPS) is 10.6. The number of carbonyl (C=O) groups excluding carboxylic acids is 1. The van der Waals surface area contributed by atoms with Crippen LogP contribution >= 0.6 is 15.9 Å². The molecule has 1 amide bonds. The van der Waals surface area contributed by atoms with Crippen LogP contribution in [0, 0.1) is 23.0 Å². The number of rotatable bonds is 6. The highest BCUT2D eigenvalue weighted by Crippen LogP contribution is 2.22. The second-order valence-electron chi connectivity index (χ2n) is 6.19. The monoisotopic (exact) mass is 459 g/mol. The van der Waals surface area contributed by atoms with Crippen molar-refractivity contribution in [2.24, 2.45) is 0 Å². The van der Waals surface area contributed by atoms with E-state index in [0.717, 1.165) is 0 Å². The molecule has 0 radical (unpaired) electrons. The van der Waals surface area contributed by atoms with E-state index in [9.17, 15) is 18.8 Å². The molecule has 3 N–H and O–H groups in total. The van der Waals surface area contributed by atoms with Gasteiger partial charge in [0.25, 0.3) is 5.91 Å². The standard InChI is InChI=1S/C20H16BrF2N5O/c21-17-10-13(23)5-8-15(17)20(29)26-9-1-2-18-16(11-24)19(25)28(27-18)14-6-3-12(22)4-7-14/h3-8,10H,1-2,9,25H2,(H,26,29). The average molecular weight is 460 g/mol. The maximum Gasteiger partial charge on any atom is 0.252 e. The van der Waals surface area contributed by atoms with Crippen LogP contribution in [0.4, 0.5) is 14.6 Å². The van der Waals surface area contributed by atoms with Gasteiger partial charge in [-0.2, -0.15) is 10.4 Å². The summed E-state index contributed by atoms with van der Waals surface area (Å²) in [7, 11) is 0. The molecular weight excluding hydrogens is 444 g/mol. The number of nitrogens with one attached hydrogen (secondary N) is 1. The van der Waals surface area contributed by atoms with Crippen LogP contribution in [0.3, 0.4) is 0 Å². The molecule has 1 heterocycles. The molecule has 3 rings (SSSR count). The Morgan fingerprint density at radius 2 is 1.90 bits per heavy atom. The van der Waals surface area contributed by atoms with Gasteiger partial charge in [-0.3, -0.25) is 4.79 Å². The number of benzene rings is 2. The molecule has 0 aliphatic heterocycles. The van der Waals surface area contributed by atoms with E-state index in [1.165, 1.54) is 47.1 Å². The van der Waals surface area contributed by atoms with E-state index in [0.29, 0.717) is 40.8 Å². The van der Waals surface area contributed by atoms with Gasteiger partial charge in [-0.1, -0.05) is 0 Å². The third-order valence-electron chi connectivity index (χ3n) is 4.23. The van der Waals surface area contributed by atoms with Crippen LogP contribution in [0.1, 0.15) is 28.0 Å². The summed E-state index contributed by atoms with van der Waals surface area (Å²) in [4.78, 5) is 12.2. The van der Waals surface area contributed by atoms with Crippen molar-refractivity contribution in [1.82, 2.24) is 15.1 Å². The van der Waals surface area contributed by atoms with Crippen molar-refractivity contribution in [3.8, 4) is 11.8 Å². The number of aromatic nitrogens is 2. The molecule has 0 spiro atoms. The summed E-state index contributed by atoms with van der Waals surface area (Å²) >= 11 is 3.16. The Labute approximate surface area is 174 Å². The van der Waals surface area contributed by atoms with Crippen LogP contribution in [0.5, 0.6) is 0 Å². The van der Waals surface area contributed by atoms with Gasteiger partial charge in [0.2, 0.25) is 0 Å². The van der Waals surface area contributed by atoms with Gasteiger partial charge in [-0.15, -0.1) is 0 Å². The predicted octanol–water partition coefficient (Wildman–Crippen LogP) is 3.73. The molecule has 0 atom stereocenters. The van der Waals surface area contributed by atoms with Crippen LogP contribution in [-0.2, 0) is 6.42 Å². The summed E-state index contributed by atoms with van der Waals surface area (Å²) in [6.07, 6.45) is 0.922. The zero-order chi connectivity index (χ0) is 21.0. The molecule has 0 bridgehead atoms. The zero-order valence-corrected chi connectivity index (χ0v) is 16.7. The van der Waals surface area contributed by atoms with E-state index < -0.39 is 5.82 Å². The highest BCUT2D eigenvalue weighted by Gasteiger charge is 2.17. The van der Waals surface area contributed by atoms with Crippen LogP contribution in [-0.4, -0.2) is 22.2 Å². The second-order valence-corrected chi connectivity index (χ2v) is 7.04. The van der Waals surface area contributed by atoms with E-state index in [1.807, 2.05) is 6.07 Å². The number of nitrogen functional groups attached to an aromatic ring is 1. The first kappa shape index (κ1) is 20.5. The molecule has 3 aromatic rings. The van der Waals surface area contributed by atoms with Gasteiger partial charge in [0.05, 0.1) is 16.9 Å². The minimum absolute atomic E-state index is 0.174. The minimum Gasteiger partial charge on any atom is -0.382 e. The minimum atomic E-state index is -0.438. The van der Waals surface area contributed by atoms with E-state index in [1.54, 1.807) is 0 Å². The Hall–Kier alpha value is -3.25. The third-order valence-corrected chi connectivity index (χ3v) is 4.88. The van der Waals surface area contributed by atoms with Crippen LogP contribution in [0.25, 0.3) is 5.69 Å². The molecule has 0 saturated carbocycles. The molecule has 0 aliphatic rings. The maximum atomic E-state index is 13.1. The number of nitrogens with two attached hydrogens (primary N) is 1. The molecule has 0 unspecified atom stereocenters. The van der Waals surface area contributed by atoms with Crippen molar-refractivity contribution in [3.05, 3.63) is 75.4 Å². The highest BCUT2D eigenvalue weighted by atomic mass is 79.9. The first-order chi connectivity index (χ1) is 13.9. The van der Waals surface area contributed by atoms with Crippen molar-refractivity contribution in [3.63, 3.8) is 0 Å². The van der Waals surface area contributed by atoms with Gasteiger partial charge in [-0.05, 0) is 71.2 Å². The van der Waals surface area contributed by atoms with Crippen molar-refractivity contribution < 1.29 is 13.6 Å². The van der Waals surface area contributed by atoms with Gasteiger partial charge >= 0.3 is 0 Å². The summed E-state index contributed by atoms with van der Waals surface area (Å²) in [6, 6.07) is 11.5. The lowest BCUT2D eigenvalue weighted by molar-refractivity contribution is 0.0952. The van der Waals surface area contributed by atoms with Crippen LogP contribution in [0.2, 0.25) is 0 Å². The van der Waals surface area contributed by atoms with Crippen molar-refractivity contribution in [2.75, 3.05) is 12.3 Å². The van der Waals surface area contributed by atoms with Crippen molar-refractivity contribution in [2.45, 2.75) is 12.8 Å². The molecule has 0 saturated heterocycles. The Kier molecular flexibility index (Phi) is 6.24. The number of halogens is 3. The van der Waals surface area contributed by atoms with Crippen molar-refractivity contribution in [1.29, 1.82) is 5.26 Å². The Balaban J connectivity index is 1.65. The molecule has 148 valence electrons. The fraction of sp³-hybridized carbons (Fsp3) is 0.150. The van der Waals surface area contributed by atoms with E-state index in [2.05, 4.69) is 26.3 Å². The molecule has 6 nitrogen and oxygen atoms in total. The molecule has 1 aromatic heterocycles. The zero-order valence-electron chi connectivity index (χ0n) is 15.1. The Morgan fingerprint density at radius 1 is 1.21 bits per heavy atom. The number of aryl methyl sites for hydroxylation is 1. The first-order valence-electron chi connectivity index (χ1n) is 8.67. The SMILES string of the molecule is N#Cc1c(CCCNC(=O)c2ccc(F)cc2Br)nn(-c2ccc(F)cc2)c1N. The van der Waals surface area contributed by atoms with Gasteiger partial charge in [0.15, 0.2) is 0 Å². The van der Waals surface area contributed by atoms with E-state index >= 15 is 0 Å². The summed E-state index contributed by atoms with van der Waals surface area (Å²) in [5.41, 5.74) is 7.64. The number of hydrogen-bond donors (Lipinski definition) is 2. The van der Waals surface area contributed by atoms with Crippen LogP contribution < -0.4 is 11.1 Å². The Bertz CT molecular complexity index is 1090. The molecule has 9 heteroatoms. The second kappa shape index (κ2) is 8.84. The summed E-state index contributed by atoms with van der Waals surface area (Å²) in [5.74, 6) is -0.988. The molecular formula is C20H16BrF2N5O. The summed E-state index contributed by atoms with van der Waals surface area (Å²) in [6.45, 7) is 0.330. The van der Waals surface area contributed by atoms with Gasteiger partial charge < -0.3 is 11.1 Å². The van der Waals surface area contributed by atoms with Gasteiger partial charge in [0.1, 0.15) is 29.1 Å². The average Bonchev–Trinajstić information content (AvgIpc) is 3.01. The lowest BCUT2D eigenvalue weighted by atomic mass is 10.1. The maximum absolute atomic E-state index is 13.1. The number of carbonyl (C=O) groups is 1. The predicted molar refractivity (Wildman–Crippen MR) is 107 cm³/mol. The fourth-order valence-electron chi connectivity index (χ4n) is 2.78. The van der Waals surface area contributed by atoms with Crippen molar-refractivity contribution >= 4 is 27.7 Å². The van der Waals surface area contributed by atoms with E-state index in [4.69, 9.17) is 5.73 Å². The summed E-state index contributed by atoms with van der Waals surface area (Å²) in [5, 5.41) is 16.5. The fourth-order valence-corrected chi connectivity index (χ4v) is 3.31. The number of nitrogens with zero attached hydrogens (tertiary/aromatic N) is 3. The number of anilines is 1. The van der Waals surface area contributed by atoms with Gasteiger partial charge in [-0.25, -0.2) is 13.5 Å². The molecule has 2 aromatic carbocycles. The van der Waals surface area contributed by atoms with Gasteiger partial charge in [0, 0.05) is 11.0 Å². The molecule has 0 fully saturated rings. The Morgan fingerprint density at radius 3 is 2.55 bits per heavy atom. The first-order valence-corrected chi connectivity index (χ1v) is 9.46. The third kappa shape index (κ3) is 4.60. The molecule has 29 heavy (non-hydrogen) atoms. The number of amides is 1. The summed E-state index contributed by atoms with van der Waals surface area (Å²) < 4.78 is 28.0. The lowest BCUT2D eigenvalue weighted by Gasteiger charge is -2.06. The highest BCUT2D eigenvalue weighted by molar-refractivity contribution is 9.10. The quantitative estimate of drug-likeness (QED) is 0.548. The van der Waals surface area contributed by atoms with E-state index in [-0.39, 0.29) is 23.1 Å². The van der Waals surface area contributed by atoms with Crippen LogP contribution in [0.15, 0.2) is 46.9 Å². The number of nitriles is 1. The molecule has 0 aliphatic carbocycles. The topological polar surface area (TPSA) is 96.7 Å².